The highest BCUT2D eigenvalue weighted by molar-refractivity contribution is 5.87. The molecule has 2 unspecified atom stereocenters. The number of urea groups is 1. The first-order valence-electron chi connectivity index (χ1n) is 20.3. The molecule has 2 saturated carbocycles. The lowest BCUT2D eigenvalue weighted by molar-refractivity contribution is 0.208. The third-order valence-corrected chi connectivity index (χ3v) is 10.5. The Balaban J connectivity index is 0.000000150. The first kappa shape index (κ1) is 38.9. The number of rotatable bonds is 9. The molecule has 4 aliphatic rings. The Morgan fingerprint density at radius 2 is 1.22 bits per heavy atom. The van der Waals surface area contributed by atoms with Gasteiger partial charge in [0, 0.05) is 81.7 Å². The number of amides is 2. The molecule has 0 aromatic carbocycles. The number of nitrogens with one attached hydrogen (secondary N) is 4. The predicted molar refractivity (Wildman–Crippen MR) is 221 cm³/mol. The first-order valence-corrected chi connectivity index (χ1v) is 20.3. The number of hydrogen-bond acceptors (Lipinski definition) is 15. The molecule has 0 radical (unpaired) electrons. The van der Waals surface area contributed by atoms with Crippen LogP contribution in [0, 0.1) is 13.8 Å². The number of carbonyl (C=O) groups excluding carboxylic acids is 1. The number of hydrogen-bond donors (Lipinski definition) is 5. The van der Waals surface area contributed by atoms with Gasteiger partial charge < -0.3 is 41.0 Å². The van der Waals surface area contributed by atoms with Crippen LogP contribution in [0.5, 0.6) is 0 Å². The number of nitrogens with two attached hydrogens (primary N) is 1. The number of likely N-dealkylation sites (tertiary alicyclic amines) is 1. The molecule has 8 heterocycles. The minimum atomic E-state index is 0.0338. The zero-order valence-corrected chi connectivity index (χ0v) is 33.6. The number of aromatic nitrogens is 12. The summed E-state index contributed by atoms with van der Waals surface area (Å²) in [5.41, 5.74) is 10.1. The van der Waals surface area contributed by atoms with E-state index in [0.29, 0.717) is 37.0 Å². The van der Waals surface area contributed by atoms with Gasteiger partial charge in [0.15, 0.2) is 34.0 Å². The van der Waals surface area contributed by atoms with Gasteiger partial charge in [0.1, 0.15) is 36.0 Å². The van der Waals surface area contributed by atoms with E-state index in [1.165, 1.54) is 12.8 Å². The van der Waals surface area contributed by atoms with E-state index in [2.05, 4.69) is 79.6 Å². The Morgan fingerprint density at radius 1 is 0.707 bits per heavy atom. The zero-order chi connectivity index (χ0) is 40.2. The van der Waals surface area contributed by atoms with Crippen LogP contribution in [-0.4, -0.2) is 120 Å². The molecule has 2 aliphatic carbocycles. The fourth-order valence-electron chi connectivity index (χ4n) is 6.96. The Labute approximate surface area is 336 Å². The molecule has 4 fully saturated rings. The van der Waals surface area contributed by atoms with Crippen molar-refractivity contribution in [1.82, 2.24) is 74.5 Å². The van der Waals surface area contributed by atoms with Crippen molar-refractivity contribution in [3.8, 4) is 22.8 Å². The Bertz CT molecular complexity index is 2330. The van der Waals surface area contributed by atoms with Crippen LogP contribution in [0.15, 0.2) is 37.4 Å². The lowest BCUT2D eigenvalue weighted by atomic mass is 10.2. The van der Waals surface area contributed by atoms with Gasteiger partial charge >= 0.3 is 6.03 Å². The lowest BCUT2D eigenvalue weighted by Crippen LogP contribution is -2.40. The van der Waals surface area contributed by atoms with Crippen molar-refractivity contribution in [1.29, 1.82) is 0 Å². The normalized spacial score (nSPS) is 18.7. The highest BCUT2D eigenvalue weighted by Crippen LogP contribution is 2.29. The number of carbonyl (C=O) groups is 1. The standard InChI is InChI=1S/C20H25N9O.C16H20N8.C3H7N/c1-3-29-18(13-8-21-12(2)22-9-13)27-16-17(23-11-24-19(16)29)25-15-6-7-28(10-15)20(30)26-14-4-5-14;1-3-24-15(11-6-18-10(2)19-7-11)23-13-14(20-9-21-16(13)24)22-12-4-5-17-8-12;4-3-1-2-3/h8-9,11,14-15H,3-7,10H2,1-2H3,(H,26,30)(H,23,24,25);6-7,9,12,17H,3-5,8H2,1-2H3,(H,20,21,22);3H,1-2,4H2. The molecule has 58 heavy (non-hydrogen) atoms. The molecule has 0 spiro atoms. The summed E-state index contributed by atoms with van der Waals surface area (Å²) in [6, 6.07) is 1.49. The van der Waals surface area contributed by atoms with Crippen LogP contribution < -0.4 is 27.0 Å². The summed E-state index contributed by atoms with van der Waals surface area (Å²) < 4.78 is 4.11. The summed E-state index contributed by atoms with van der Waals surface area (Å²) >= 11 is 0. The highest BCUT2D eigenvalue weighted by atomic mass is 16.2. The number of aryl methyl sites for hydroxylation is 4. The van der Waals surface area contributed by atoms with E-state index >= 15 is 0 Å². The van der Waals surface area contributed by atoms with Gasteiger partial charge in [0.2, 0.25) is 0 Å². The predicted octanol–water partition coefficient (Wildman–Crippen LogP) is 3.46. The molecule has 19 heteroatoms. The summed E-state index contributed by atoms with van der Waals surface area (Å²) in [4.78, 5) is 58.7. The van der Waals surface area contributed by atoms with Crippen LogP contribution in [0.1, 0.15) is 64.0 Å². The van der Waals surface area contributed by atoms with E-state index in [9.17, 15) is 4.79 Å². The van der Waals surface area contributed by atoms with Gasteiger partial charge in [-0.05, 0) is 72.8 Å². The second kappa shape index (κ2) is 17.3. The number of imidazole rings is 2. The van der Waals surface area contributed by atoms with E-state index < -0.39 is 0 Å². The average molecular weight is 789 g/mol. The van der Waals surface area contributed by atoms with Crippen molar-refractivity contribution in [2.75, 3.05) is 36.8 Å². The van der Waals surface area contributed by atoms with Crippen molar-refractivity contribution in [3.63, 3.8) is 0 Å². The third kappa shape index (κ3) is 8.94. The van der Waals surface area contributed by atoms with Crippen molar-refractivity contribution < 1.29 is 4.79 Å². The van der Waals surface area contributed by atoms with Crippen molar-refractivity contribution in [2.24, 2.45) is 5.73 Å². The zero-order valence-electron chi connectivity index (χ0n) is 33.6. The van der Waals surface area contributed by atoms with Crippen LogP contribution in [0.2, 0.25) is 0 Å². The van der Waals surface area contributed by atoms with Gasteiger partial charge in [0.05, 0.1) is 11.1 Å². The van der Waals surface area contributed by atoms with Crippen LogP contribution in [0.4, 0.5) is 16.4 Å². The Morgan fingerprint density at radius 3 is 1.67 bits per heavy atom. The van der Waals surface area contributed by atoms with Crippen LogP contribution in [-0.2, 0) is 13.1 Å². The molecule has 2 atom stereocenters. The maximum absolute atomic E-state index is 12.3. The molecule has 2 aliphatic heterocycles. The average Bonchev–Trinajstić information content (AvgIpc) is 3.93. The summed E-state index contributed by atoms with van der Waals surface area (Å²) in [5.74, 6) is 4.53. The van der Waals surface area contributed by atoms with Crippen LogP contribution in [0.25, 0.3) is 45.1 Å². The monoisotopic (exact) mass is 788 g/mol. The molecule has 19 nitrogen and oxygen atoms in total. The van der Waals surface area contributed by atoms with Gasteiger partial charge in [-0.15, -0.1) is 0 Å². The van der Waals surface area contributed by atoms with Gasteiger partial charge in [-0.1, -0.05) is 0 Å². The minimum absolute atomic E-state index is 0.0338. The van der Waals surface area contributed by atoms with Gasteiger partial charge in [-0.25, -0.2) is 54.6 Å². The number of fused-ring (bicyclic) bond motifs is 2. The molecule has 2 amide bonds. The van der Waals surface area contributed by atoms with Crippen LogP contribution in [0.3, 0.4) is 0 Å². The second-order valence-corrected chi connectivity index (χ2v) is 15.2. The fourth-order valence-corrected chi connectivity index (χ4v) is 6.96. The van der Waals surface area contributed by atoms with Gasteiger partial charge in [0.25, 0.3) is 0 Å². The SMILES string of the molecule is CCn1c(-c2cnc(C)nc2)nc2c(NC3CCN(C(=O)NC4CC4)C3)ncnc21.CCn1c(-c2cnc(C)nc2)nc2c(NC3CCNC3)ncnc21.NC1CC1. The van der Waals surface area contributed by atoms with E-state index in [4.69, 9.17) is 15.7 Å². The highest BCUT2D eigenvalue weighted by Gasteiger charge is 2.31. The molecule has 304 valence electrons. The Kier molecular flexibility index (Phi) is 11.6. The summed E-state index contributed by atoms with van der Waals surface area (Å²) in [6.07, 6.45) is 17.0. The van der Waals surface area contributed by atoms with E-state index in [1.54, 1.807) is 37.4 Å². The smallest absolute Gasteiger partial charge is 0.317 e. The topological polar surface area (TPSA) is 233 Å². The molecular weight excluding hydrogens is 737 g/mol. The third-order valence-electron chi connectivity index (χ3n) is 10.5. The van der Waals surface area contributed by atoms with Crippen LogP contribution >= 0.6 is 0 Å². The second-order valence-electron chi connectivity index (χ2n) is 15.2. The molecule has 0 bridgehead atoms. The maximum Gasteiger partial charge on any atom is 0.317 e. The summed E-state index contributed by atoms with van der Waals surface area (Å²) in [7, 11) is 0. The van der Waals surface area contributed by atoms with Gasteiger partial charge in [-0.2, -0.15) is 0 Å². The molecular formula is C39H52N18O. The maximum atomic E-state index is 12.3. The van der Waals surface area contributed by atoms with E-state index in [0.717, 1.165) is 114 Å². The van der Waals surface area contributed by atoms with Crippen molar-refractivity contribution >= 4 is 40.0 Å². The molecule has 6 aromatic rings. The molecule has 10 rings (SSSR count). The van der Waals surface area contributed by atoms with Crippen molar-refractivity contribution in [2.45, 2.75) is 103 Å². The summed E-state index contributed by atoms with van der Waals surface area (Å²) in [6.45, 7) is 12.7. The quantitative estimate of drug-likeness (QED) is 0.141. The molecule has 6 N–H and O–H groups in total. The number of nitrogens with zero attached hydrogens (tertiary/aromatic N) is 13. The lowest BCUT2D eigenvalue weighted by Gasteiger charge is -2.18. The van der Waals surface area contributed by atoms with E-state index in [-0.39, 0.29) is 12.1 Å². The van der Waals surface area contributed by atoms with Crippen molar-refractivity contribution in [3.05, 3.63) is 49.1 Å². The molecule has 2 saturated heterocycles. The molecule has 6 aromatic heterocycles. The number of anilines is 2. The van der Waals surface area contributed by atoms with Gasteiger partial charge in [-0.3, -0.25) is 0 Å². The Hall–Kier alpha value is -5.95. The minimum Gasteiger partial charge on any atom is -0.364 e. The largest absolute Gasteiger partial charge is 0.364 e. The van der Waals surface area contributed by atoms with E-state index in [1.807, 2.05) is 23.3 Å². The fraction of sp³-hybridized carbons (Fsp3) is 0.513. The summed E-state index contributed by atoms with van der Waals surface area (Å²) in [5, 5.41) is 13.4. The first-order chi connectivity index (χ1) is 28.3.